The van der Waals surface area contributed by atoms with E-state index in [0.717, 1.165) is 29.3 Å². The molecule has 0 atom stereocenters. The first-order valence-electron chi connectivity index (χ1n) is 9.37. The number of non-ortho nitro benzene ring substituents is 1. The van der Waals surface area contributed by atoms with E-state index in [1.54, 1.807) is 0 Å². The third kappa shape index (κ3) is 6.20. The van der Waals surface area contributed by atoms with Gasteiger partial charge in [0.2, 0.25) is 5.69 Å². The Kier molecular flexibility index (Phi) is 7.54. The van der Waals surface area contributed by atoms with Gasteiger partial charge in [0.05, 0.1) is 48.1 Å². The van der Waals surface area contributed by atoms with E-state index in [1.165, 1.54) is 24.3 Å². The fraction of sp³-hybridized carbons (Fsp3) is 0. The quantitative estimate of drug-likeness (QED) is 0.208. The Morgan fingerprint density at radius 1 is 0.649 bits per heavy atom. The van der Waals surface area contributed by atoms with Crippen molar-refractivity contribution in [2.75, 3.05) is 10.4 Å². The van der Waals surface area contributed by atoms with Gasteiger partial charge in [-0.3, -0.25) is 40.8 Å². The Bertz CT molecular complexity index is 1520. The monoisotopic (exact) mass is 591 g/mol. The lowest BCUT2D eigenvalue weighted by Crippen LogP contribution is -2.25. The number of hydrazine groups is 1. The minimum Gasteiger partial charge on any atom is -0.282 e. The SMILES string of the molecule is O=[N+]([O-])c1cc([N+](=O)[O-])c(NN(c2ccc(S(=O)(=O)Cl)cc2)c2ccc(S(=O)(=O)Cl)cc2)c([N+](=O)[O-])c1. The number of benzene rings is 3. The predicted octanol–water partition coefficient (Wildman–Crippen LogP) is 4.43. The standard InChI is InChI=1S/C18H11Cl2N5O10S2/c19-36(32,33)14-5-1-11(2-6-14)22(12-3-7-15(8-4-12)37(20,34)35)21-18-16(24(28)29)9-13(23(26)27)10-17(18)25(30)31/h1-10,21H. The van der Waals surface area contributed by atoms with Crippen molar-refractivity contribution in [1.82, 2.24) is 0 Å². The van der Waals surface area contributed by atoms with Gasteiger partial charge in [-0.15, -0.1) is 0 Å². The molecule has 0 heterocycles. The van der Waals surface area contributed by atoms with E-state index in [4.69, 9.17) is 21.4 Å². The van der Waals surface area contributed by atoms with Gasteiger partial charge in [0, 0.05) is 21.4 Å². The fourth-order valence-corrected chi connectivity index (χ4v) is 4.55. The lowest BCUT2D eigenvalue weighted by molar-refractivity contribution is -0.401. The zero-order valence-electron chi connectivity index (χ0n) is 17.7. The largest absolute Gasteiger partial charge is 0.308 e. The number of halogens is 2. The minimum atomic E-state index is -4.13. The molecule has 37 heavy (non-hydrogen) atoms. The van der Waals surface area contributed by atoms with Crippen LogP contribution in [0, 0.1) is 30.3 Å². The van der Waals surface area contributed by atoms with Crippen LogP contribution in [0.5, 0.6) is 0 Å². The molecule has 0 aliphatic heterocycles. The number of rotatable bonds is 9. The molecule has 194 valence electrons. The van der Waals surface area contributed by atoms with Crippen LogP contribution in [0.3, 0.4) is 0 Å². The van der Waals surface area contributed by atoms with Gasteiger partial charge in [-0.1, -0.05) is 0 Å². The number of hydrogen-bond acceptors (Lipinski definition) is 12. The molecule has 0 spiro atoms. The second-order valence-corrected chi connectivity index (χ2v) is 12.1. The van der Waals surface area contributed by atoms with Crippen molar-refractivity contribution >= 4 is 73.6 Å². The smallest absolute Gasteiger partial charge is 0.282 e. The molecule has 3 aromatic carbocycles. The van der Waals surface area contributed by atoms with Crippen molar-refractivity contribution in [1.29, 1.82) is 0 Å². The van der Waals surface area contributed by atoms with Crippen molar-refractivity contribution in [3.63, 3.8) is 0 Å². The Balaban J connectivity index is 2.25. The summed E-state index contributed by atoms with van der Waals surface area (Å²) in [5, 5.41) is 35.5. The van der Waals surface area contributed by atoms with Gasteiger partial charge < -0.3 is 0 Å². The van der Waals surface area contributed by atoms with Crippen LogP contribution in [0.15, 0.2) is 70.5 Å². The lowest BCUT2D eigenvalue weighted by atomic mass is 10.2. The van der Waals surface area contributed by atoms with Crippen LogP contribution in [0.2, 0.25) is 0 Å². The summed E-state index contributed by atoms with van der Waals surface area (Å²) < 4.78 is 46.4. The Hall–Kier alpha value is -4.06. The third-order valence-electron chi connectivity index (χ3n) is 4.66. The second-order valence-electron chi connectivity index (χ2n) is 6.94. The van der Waals surface area contributed by atoms with Crippen LogP contribution in [0.25, 0.3) is 0 Å². The number of nitro benzene ring substituents is 3. The molecule has 3 rings (SSSR count). The molecule has 0 bridgehead atoms. The van der Waals surface area contributed by atoms with E-state index in [9.17, 15) is 47.2 Å². The van der Waals surface area contributed by atoms with E-state index in [0.29, 0.717) is 12.1 Å². The molecule has 0 aliphatic carbocycles. The highest BCUT2D eigenvalue weighted by Gasteiger charge is 2.32. The summed E-state index contributed by atoms with van der Waals surface area (Å²) in [6.45, 7) is 0. The zero-order chi connectivity index (χ0) is 27.7. The maximum atomic E-state index is 11.7. The summed E-state index contributed by atoms with van der Waals surface area (Å²) in [7, 11) is 2.37. The van der Waals surface area contributed by atoms with Crippen molar-refractivity contribution in [3.05, 3.63) is 91.0 Å². The molecular formula is C18H11Cl2N5O10S2. The number of hydrogen-bond donors (Lipinski definition) is 1. The van der Waals surface area contributed by atoms with Gasteiger partial charge >= 0.3 is 11.4 Å². The van der Waals surface area contributed by atoms with Gasteiger partial charge in [0.15, 0.2) is 0 Å². The van der Waals surface area contributed by atoms with Crippen molar-refractivity contribution in [2.45, 2.75) is 9.79 Å². The molecule has 0 unspecified atom stereocenters. The number of nitrogens with zero attached hydrogens (tertiary/aromatic N) is 4. The number of nitrogens with one attached hydrogen (secondary N) is 1. The Labute approximate surface area is 216 Å². The summed E-state index contributed by atoms with van der Waals surface area (Å²) in [6.07, 6.45) is 0. The van der Waals surface area contributed by atoms with Crippen molar-refractivity contribution in [3.8, 4) is 0 Å². The van der Waals surface area contributed by atoms with Gasteiger partial charge in [-0.2, -0.15) is 0 Å². The van der Waals surface area contributed by atoms with E-state index < -0.39 is 55.6 Å². The van der Waals surface area contributed by atoms with E-state index in [1.807, 2.05) is 0 Å². The summed E-state index contributed by atoms with van der Waals surface area (Å²) in [5.41, 5.74) is -1.16. The van der Waals surface area contributed by atoms with Gasteiger partial charge in [0.1, 0.15) is 0 Å². The highest BCUT2D eigenvalue weighted by Crippen LogP contribution is 2.40. The van der Waals surface area contributed by atoms with Crippen molar-refractivity contribution < 1.29 is 31.6 Å². The average molecular weight is 592 g/mol. The van der Waals surface area contributed by atoms with Crippen LogP contribution >= 0.6 is 21.4 Å². The van der Waals surface area contributed by atoms with E-state index >= 15 is 0 Å². The number of anilines is 3. The van der Waals surface area contributed by atoms with Crippen LogP contribution in [-0.4, -0.2) is 31.6 Å². The molecular weight excluding hydrogens is 581 g/mol. The first-order chi connectivity index (χ1) is 17.1. The Morgan fingerprint density at radius 3 is 1.27 bits per heavy atom. The summed E-state index contributed by atoms with van der Waals surface area (Å²) in [5.74, 6) is 0. The molecule has 0 aliphatic rings. The molecule has 3 aromatic rings. The molecule has 0 radical (unpaired) electrons. The van der Waals surface area contributed by atoms with E-state index in [2.05, 4.69) is 5.43 Å². The molecule has 15 nitrogen and oxygen atoms in total. The normalized spacial score (nSPS) is 11.5. The summed E-state index contributed by atoms with van der Waals surface area (Å²) in [4.78, 5) is 30.7. The first-order valence-corrected chi connectivity index (χ1v) is 14.0. The fourth-order valence-electron chi connectivity index (χ4n) is 3.01. The van der Waals surface area contributed by atoms with Gasteiger partial charge in [-0.05, 0) is 48.5 Å². The van der Waals surface area contributed by atoms with Crippen LogP contribution in [0.1, 0.15) is 0 Å². The first kappa shape index (κ1) is 27.5. The van der Waals surface area contributed by atoms with Crippen LogP contribution < -0.4 is 10.4 Å². The molecule has 0 fully saturated rings. The highest BCUT2D eigenvalue weighted by atomic mass is 35.7. The maximum absolute atomic E-state index is 11.7. The Morgan fingerprint density at radius 2 is 1.00 bits per heavy atom. The third-order valence-corrected chi connectivity index (χ3v) is 7.40. The molecule has 1 N–H and O–H groups in total. The lowest BCUT2D eigenvalue weighted by Gasteiger charge is -2.26. The molecule has 0 saturated carbocycles. The second kappa shape index (κ2) is 10.1. The predicted molar refractivity (Wildman–Crippen MR) is 131 cm³/mol. The summed E-state index contributed by atoms with van der Waals surface area (Å²) in [6, 6.07) is 10.1. The average Bonchev–Trinajstić information content (AvgIpc) is 2.81. The van der Waals surface area contributed by atoms with Gasteiger partial charge in [-0.25, -0.2) is 16.8 Å². The molecule has 19 heteroatoms. The van der Waals surface area contributed by atoms with Crippen molar-refractivity contribution in [2.24, 2.45) is 0 Å². The van der Waals surface area contributed by atoms with Gasteiger partial charge in [0.25, 0.3) is 23.8 Å². The van der Waals surface area contributed by atoms with Crippen LogP contribution in [0.4, 0.5) is 34.1 Å². The van der Waals surface area contributed by atoms with Crippen LogP contribution in [-0.2, 0) is 18.1 Å². The van der Waals surface area contributed by atoms with E-state index in [-0.39, 0.29) is 21.2 Å². The summed E-state index contributed by atoms with van der Waals surface area (Å²) >= 11 is 0. The molecule has 0 saturated heterocycles. The minimum absolute atomic E-state index is 0.0486. The number of nitro groups is 3. The maximum Gasteiger partial charge on any atom is 0.308 e. The zero-order valence-corrected chi connectivity index (χ0v) is 20.9. The topological polar surface area (TPSA) is 213 Å². The molecule has 0 amide bonds. The highest BCUT2D eigenvalue weighted by molar-refractivity contribution is 8.14. The molecule has 0 aromatic heterocycles.